The van der Waals surface area contributed by atoms with Crippen LogP contribution in [-0.4, -0.2) is 15.3 Å². The summed E-state index contributed by atoms with van der Waals surface area (Å²) in [5.41, 5.74) is 1.85. The first-order valence-corrected chi connectivity index (χ1v) is 5.99. The minimum Gasteiger partial charge on any atom is -0.304 e. The molecule has 0 bridgehead atoms. The molecule has 0 aromatic carbocycles. The highest BCUT2D eigenvalue weighted by Crippen LogP contribution is 2.27. The van der Waals surface area contributed by atoms with E-state index in [2.05, 4.69) is 4.98 Å². The first-order valence-electron chi connectivity index (χ1n) is 5.61. The maximum absolute atomic E-state index is 11.7. The predicted octanol–water partition coefficient (Wildman–Crippen LogP) is 3.04. The fraction of sp³-hybridized carbons (Fsp3) is 0.231. The van der Waals surface area contributed by atoms with E-state index in [0.717, 1.165) is 24.1 Å². The lowest BCUT2D eigenvalue weighted by molar-refractivity contribution is 0.0972. The molecule has 1 aliphatic carbocycles. The number of rotatable bonds is 1. The molecule has 2 aromatic heterocycles. The van der Waals surface area contributed by atoms with E-state index in [4.69, 9.17) is 11.6 Å². The number of nitrogens with zero attached hydrogens (tertiary/aromatic N) is 2. The summed E-state index contributed by atoms with van der Waals surface area (Å²) in [4.78, 5) is 16.0. The van der Waals surface area contributed by atoms with Crippen LogP contribution in [0.25, 0.3) is 5.82 Å². The van der Waals surface area contributed by atoms with Gasteiger partial charge < -0.3 is 4.57 Å². The number of carbonyl (C=O) groups is 1. The lowest BCUT2D eigenvalue weighted by Gasteiger charge is -2.14. The molecular formula is C13H11ClN2O. The second kappa shape index (κ2) is 4.00. The highest BCUT2D eigenvalue weighted by atomic mass is 35.5. The smallest absolute Gasteiger partial charge is 0.164 e. The molecule has 2 heterocycles. The average Bonchev–Trinajstić information content (AvgIpc) is 2.75. The van der Waals surface area contributed by atoms with Gasteiger partial charge in [0.2, 0.25) is 0 Å². The van der Waals surface area contributed by atoms with Crippen molar-refractivity contribution in [3.8, 4) is 5.82 Å². The molecule has 0 spiro atoms. The summed E-state index contributed by atoms with van der Waals surface area (Å²) in [6.07, 6.45) is 6.04. The molecule has 0 unspecified atom stereocenters. The Morgan fingerprint density at radius 3 is 3.00 bits per heavy atom. The molecule has 2 aromatic rings. The first kappa shape index (κ1) is 10.5. The maximum Gasteiger partial charge on any atom is 0.164 e. The molecule has 3 rings (SSSR count). The van der Waals surface area contributed by atoms with Crippen molar-refractivity contribution in [1.82, 2.24) is 9.55 Å². The van der Waals surface area contributed by atoms with Gasteiger partial charge in [-0.2, -0.15) is 0 Å². The second-order valence-electron chi connectivity index (χ2n) is 4.13. The molecule has 0 aliphatic heterocycles. The van der Waals surface area contributed by atoms with Crippen molar-refractivity contribution >= 4 is 17.4 Å². The highest BCUT2D eigenvalue weighted by molar-refractivity contribution is 6.32. The minimum atomic E-state index is 0.219. The van der Waals surface area contributed by atoms with E-state index < -0.39 is 0 Å². The third kappa shape index (κ3) is 1.67. The molecule has 0 atom stereocenters. The number of fused-ring (bicyclic) bond motifs is 1. The number of Topliss-reactive ketones (excluding diaryl/α,β-unsaturated/α-hetero) is 1. The van der Waals surface area contributed by atoms with Crippen LogP contribution < -0.4 is 0 Å². The predicted molar refractivity (Wildman–Crippen MR) is 65.8 cm³/mol. The Balaban J connectivity index is 2.17. The van der Waals surface area contributed by atoms with E-state index in [1.807, 2.05) is 16.8 Å². The number of halogens is 1. The second-order valence-corrected chi connectivity index (χ2v) is 4.54. The van der Waals surface area contributed by atoms with E-state index >= 15 is 0 Å². The third-order valence-corrected chi connectivity index (χ3v) is 3.37. The average molecular weight is 247 g/mol. The van der Waals surface area contributed by atoms with E-state index in [1.54, 1.807) is 18.3 Å². The number of aromatic nitrogens is 2. The van der Waals surface area contributed by atoms with Crippen molar-refractivity contribution in [1.29, 1.82) is 0 Å². The van der Waals surface area contributed by atoms with Gasteiger partial charge in [0.1, 0.15) is 0 Å². The van der Waals surface area contributed by atoms with Gasteiger partial charge in [0, 0.05) is 30.1 Å². The van der Waals surface area contributed by atoms with Gasteiger partial charge in [-0.15, -0.1) is 0 Å². The third-order valence-electron chi connectivity index (χ3n) is 3.08. The maximum atomic E-state index is 11.7. The Bertz CT molecular complexity index is 589. The lowest BCUT2D eigenvalue weighted by atomic mass is 9.97. The van der Waals surface area contributed by atoms with E-state index in [9.17, 15) is 4.79 Å². The molecule has 1 aliphatic rings. The molecule has 0 amide bonds. The van der Waals surface area contributed by atoms with Crippen LogP contribution in [0.3, 0.4) is 0 Å². The van der Waals surface area contributed by atoms with Gasteiger partial charge in [0.25, 0.3) is 0 Å². The molecule has 86 valence electrons. The highest BCUT2D eigenvalue weighted by Gasteiger charge is 2.21. The summed E-state index contributed by atoms with van der Waals surface area (Å²) in [6.45, 7) is 0. The molecule has 0 saturated heterocycles. The first-order chi connectivity index (χ1) is 8.27. The summed E-state index contributed by atoms with van der Waals surface area (Å²) in [6, 6.07) is 5.47. The summed E-state index contributed by atoms with van der Waals surface area (Å²) in [5, 5.41) is 0.601. The molecule has 3 nitrogen and oxygen atoms in total. The van der Waals surface area contributed by atoms with Gasteiger partial charge in [0.05, 0.1) is 5.02 Å². The van der Waals surface area contributed by atoms with Crippen LogP contribution in [0.1, 0.15) is 28.9 Å². The van der Waals surface area contributed by atoms with Crippen molar-refractivity contribution in [2.24, 2.45) is 0 Å². The molecule has 4 heteroatoms. The van der Waals surface area contributed by atoms with Crippen molar-refractivity contribution in [3.05, 3.63) is 46.9 Å². The van der Waals surface area contributed by atoms with Gasteiger partial charge in [-0.3, -0.25) is 4.79 Å². The van der Waals surface area contributed by atoms with Crippen LogP contribution in [0.2, 0.25) is 5.02 Å². The van der Waals surface area contributed by atoms with Crippen LogP contribution in [0, 0.1) is 0 Å². The van der Waals surface area contributed by atoms with Crippen molar-refractivity contribution in [2.75, 3.05) is 0 Å². The van der Waals surface area contributed by atoms with Crippen LogP contribution in [0.5, 0.6) is 0 Å². The normalized spacial score (nSPS) is 14.8. The standard InChI is InChI=1S/C13H11ClN2O/c14-10-3-2-7-15-13(10)16-8-6-9-11(16)4-1-5-12(9)17/h2-3,6-8H,1,4-5H2. The number of carbonyl (C=O) groups excluding carboxylic acids is 1. The molecule has 17 heavy (non-hydrogen) atoms. The van der Waals surface area contributed by atoms with Crippen LogP contribution in [-0.2, 0) is 6.42 Å². The molecule has 0 saturated carbocycles. The van der Waals surface area contributed by atoms with Crippen molar-refractivity contribution < 1.29 is 4.79 Å². The number of hydrogen-bond acceptors (Lipinski definition) is 2. The van der Waals surface area contributed by atoms with Crippen molar-refractivity contribution in [3.63, 3.8) is 0 Å². The summed E-state index contributed by atoms with van der Waals surface area (Å²) in [7, 11) is 0. The van der Waals surface area contributed by atoms with Gasteiger partial charge in [0.15, 0.2) is 11.6 Å². The van der Waals surface area contributed by atoms with Crippen molar-refractivity contribution in [2.45, 2.75) is 19.3 Å². The largest absolute Gasteiger partial charge is 0.304 e. The fourth-order valence-electron chi connectivity index (χ4n) is 2.28. The Hall–Kier alpha value is -1.61. The quantitative estimate of drug-likeness (QED) is 0.775. The summed E-state index contributed by atoms with van der Waals surface area (Å²) >= 11 is 6.13. The van der Waals surface area contributed by atoms with E-state index in [1.165, 1.54) is 0 Å². The van der Waals surface area contributed by atoms with Gasteiger partial charge >= 0.3 is 0 Å². The molecule has 0 N–H and O–H groups in total. The molecule has 0 radical (unpaired) electrons. The Morgan fingerprint density at radius 2 is 2.18 bits per heavy atom. The van der Waals surface area contributed by atoms with E-state index in [-0.39, 0.29) is 5.78 Å². The lowest BCUT2D eigenvalue weighted by Crippen LogP contribution is -2.12. The fourth-order valence-corrected chi connectivity index (χ4v) is 2.49. The zero-order valence-electron chi connectivity index (χ0n) is 9.19. The topological polar surface area (TPSA) is 34.9 Å². The van der Waals surface area contributed by atoms with Gasteiger partial charge in [-0.25, -0.2) is 4.98 Å². The van der Waals surface area contributed by atoms with E-state index in [0.29, 0.717) is 17.3 Å². The Labute approximate surface area is 104 Å². The number of pyridine rings is 1. The monoisotopic (exact) mass is 246 g/mol. The van der Waals surface area contributed by atoms with Gasteiger partial charge in [-0.1, -0.05) is 11.6 Å². The minimum absolute atomic E-state index is 0.219. The number of ketones is 1. The van der Waals surface area contributed by atoms with Crippen LogP contribution in [0.4, 0.5) is 0 Å². The Kier molecular flexibility index (Phi) is 2.48. The molecular weight excluding hydrogens is 236 g/mol. The summed E-state index contributed by atoms with van der Waals surface area (Å²) in [5.74, 6) is 0.919. The molecule has 0 fully saturated rings. The van der Waals surface area contributed by atoms with Crippen LogP contribution >= 0.6 is 11.6 Å². The Morgan fingerprint density at radius 1 is 1.29 bits per heavy atom. The summed E-state index contributed by atoms with van der Waals surface area (Å²) < 4.78 is 1.93. The van der Waals surface area contributed by atoms with Crippen LogP contribution in [0.15, 0.2) is 30.6 Å². The number of hydrogen-bond donors (Lipinski definition) is 0. The zero-order chi connectivity index (χ0) is 11.8. The zero-order valence-corrected chi connectivity index (χ0v) is 9.94. The van der Waals surface area contributed by atoms with Gasteiger partial charge in [-0.05, 0) is 31.0 Å². The SMILES string of the molecule is O=C1CCCc2c1ccn2-c1ncccc1Cl.